The van der Waals surface area contributed by atoms with Gasteiger partial charge in [0.2, 0.25) is 5.88 Å². The van der Waals surface area contributed by atoms with Gasteiger partial charge in [-0.25, -0.2) is 9.37 Å². The highest BCUT2D eigenvalue weighted by atomic mass is 19.1. The van der Waals surface area contributed by atoms with Gasteiger partial charge in [0.05, 0.1) is 5.56 Å². The van der Waals surface area contributed by atoms with Crippen molar-refractivity contribution in [1.29, 1.82) is 5.41 Å². The van der Waals surface area contributed by atoms with E-state index in [-0.39, 0.29) is 35.2 Å². The average Bonchev–Trinajstić information content (AvgIpc) is 2.60. The minimum absolute atomic E-state index is 0.00729. The number of nitrogens with zero attached hydrogens (tertiary/aromatic N) is 3. The summed E-state index contributed by atoms with van der Waals surface area (Å²) in [6, 6.07) is 0. The lowest BCUT2D eigenvalue weighted by Crippen LogP contribution is -2.36. The summed E-state index contributed by atoms with van der Waals surface area (Å²) in [6.07, 6.45) is 4.53. The Morgan fingerprint density at radius 1 is 1.30 bits per heavy atom. The highest BCUT2D eigenvalue weighted by Crippen LogP contribution is 2.28. The van der Waals surface area contributed by atoms with E-state index in [4.69, 9.17) is 15.9 Å². The first-order chi connectivity index (χ1) is 12.7. The van der Waals surface area contributed by atoms with Gasteiger partial charge in [-0.05, 0) is 52.3 Å². The summed E-state index contributed by atoms with van der Waals surface area (Å²) >= 11 is 0. The lowest BCUT2D eigenvalue weighted by molar-refractivity contribution is 0.109. The van der Waals surface area contributed by atoms with E-state index in [1.54, 1.807) is 20.8 Å². The van der Waals surface area contributed by atoms with Crippen LogP contribution in [0, 0.1) is 5.41 Å². The molecule has 2 rings (SSSR count). The third-order valence-electron chi connectivity index (χ3n) is 4.46. The summed E-state index contributed by atoms with van der Waals surface area (Å²) < 4.78 is 20.2. The normalized spacial score (nSPS) is 16.1. The van der Waals surface area contributed by atoms with Crippen molar-refractivity contribution >= 4 is 17.1 Å². The summed E-state index contributed by atoms with van der Waals surface area (Å²) in [7, 11) is 2.07. The second kappa shape index (κ2) is 8.90. The minimum atomic E-state index is -0.378. The molecule has 7 heteroatoms. The molecule has 1 aromatic heterocycles. The molecular formula is C20H28FN5O. The number of halogens is 1. The Labute approximate surface area is 160 Å². The van der Waals surface area contributed by atoms with Crippen LogP contribution in [0.2, 0.25) is 0 Å². The topological polar surface area (TPSA) is 88.1 Å². The van der Waals surface area contributed by atoms with E-state index in [0.29, 0.717) is 16.7 Å². The van der Waals surface area contributed by atoms with Crippen molar-refractivity contribution in [2.24, 2.45) is 0 Å². The SMILES string of the molecule is C=C/C(=C\C(F)=C(C)C)c1nc(N)c(C(C)=N)c(OC2CCN(C)CC2)n1. The number of piperidine rings is 1. The molecule has 6 nitrogen and oxygen atoms in total. The fraction of sp³-hybridized carbons (Fsp3) is 0.450. The lowest BCUT2D eigenvalue weighted by Gasteiger charge is -2.29. The second-order valence-electron chi connectivity index (χ2n) is 7.01. The molecule has 1 fully saturated rings. The maximum Gasteiger partial charge on any atom is 0.228 e. The Morgan fingerprint density at radius 3 is 2.44 bits per heavy atom. The lowest BCUT2D eigenvalue weighted by atomic mass is 10.1. The van der Waals surface area contributed by atoms with Crippen LogP contribution in [-0.2, 0) is 0 Å². The van der Waals surface area contributed by atoms with Crippen LogP contribution < -0.4 is 10.5 Å². The number of allylic oxidation sites excluding steroid dienone is 5. The molecule has 0 saturated carbocycles. The predicted octanol–water partition coefficient (Wildman–Crippen LogP) is 3.75. The van der Waals surface area contributed by atoms with Crippen molar-refractivity contribution in [3.63, 3.8) is 0 Å². The Balaban J connectivity index is 2.46. The molecule has 0 radical (unpaired) electrons. The molecule has 2 heterocycles. The Morgan fingerprint density at radius 2 is 1.93 bits per heavy atom. The van der Waals surface area contributed by atoms with Gasteiger partial charge in [0.1, 0.15) is 17.7 Å². The summed E-state index contributed by atoms with van der Waals surface area (Å²) in [4.78, 5) is 10.9. The number of nitrogens with one attached hydrogen (secondary N) is 1. The zero-order chi connectivity index (χ0) is 20.1. The number of rotatable bonds is 6. The van der Waals surface area contributed by atoms with Crippen molar-refractivity contribution in [3.8, 4) is 5.88 Å². The largest absolute Gasteiger partial charge is 0.474 e. The predicted molar refractivity (Wildman–Crippen MR) is 108 cm³/mol. The van der Waals surface area contributed by atoms with Crippen molar-refractivity contribution in [2.45, 2.75) is 39.7 Å². The summed E-state index contributed by atoms with van der Waals surface area (Å²) in [5, 5.41) is 8.01. The summed E-state index contributed by atoms with van der Waals surface area (Å²) in [6.45, 7) is 10.6. The molecule has 3 N–H and O–H groups in total. The first-order valence-corrected chi connectivity index (χ1v) is 8.98. The Hall–Kier alpha value is -2.54. The highest BCUT2D eigenvalue weighted by Gasteiger charge is 2.23. The molecule has 0 atom stereocenters. The molecule has 1 aromatic rings. The van der Waals surface area contributed by atoms with E-state index in [9.17, 15) is 4.39 Å². The number of nitrogens with two attached hydrogens (primary N) is 1. The number of aromatic nitrogens is 2. The molecule has 0 unspecified atom stereocenters. The first kappa shape index (κ1) is 20.8. The van der Waals surface area contributed by atoms with Crippen LogP contribution >= 0.6 is 0 Å². The van der Waals surface area contributed by atoms with E-state index >= 15 is 0 Å². The molecule has 0 spiro atoms. The zero-order valence-corrected chi connectivity index (χ0v) is 16.5. The molecule has 0 amide bonds. The van der Waals surface area contributed by atoms with Gasteiger partial charge in [-0.1, -0.05) is 12.7 Å². The van der Waals surface area contributed by atoms with E-state index in [1.165, 1.54) is 12.2 Å². The highest BCUT2D eigenvalue weighted by molar-refractivity contribution is 6.02. The van der Waals surface area contributed by atoms with Gasteiger partial charge in [0.25, 0.3) is 0 Å². The molecule has 146 valence electrons. The van der Waals surface area contributed by atoms with E-state index in [0.717, 1.165) is 25.9 Å². The van der Waals surface area contributed by atoms with Crippen molar-refractivity contribution in [2.75, 3.05) is 25.9 Å². The Bertz CT molecular complexity index is 788. The standard InChI is InChI=1S/C20H28FN5O/c1-6-14(11-16(21)12(2)3)19-24-18(23)17(13(4)22)20(25-19)27-15-7-9-26(5)10-8-15/h6,11,15,22H,1,7-10H2,2-5H3,(H2,23,24,25)/b14-11+,22-13?. The van der Waals surface area contributed by atoms with Crippen molar-refractivity contribution in [3.05, 3.63) is 41.5 Å². The number of anilines is 1. The summed E-state index contributed by atoms with van der Waals surface area (Å²) in [5.41, 5.74) is 7.63. The third kappa shape index (κ3) is 5.23. The molecule has 0 aliphatic carbocycles. The van der Waals surface area contributed by atoms with Gasteiger partial charge in [-0.2, -0.15) is 4.98 Å². The molecule has 0 aromatic carbocycles. The van der Waals surface area contributed by atoms with Crippen LogP contribution in [0.3, 0.4) is 0 Å². The number of nitrogen functional groups attached to an aromatic ring is 1. The summed E-state index contributed by atoms with van der Waals surface area (Å²) in [5.74, 6) is 0.259. The molecular weight excluding hydrogens is 345 g/mol. The molecule has 1 saturated heterocycles. The van der Waals surface area contributed by atoms with Gasteiger partial charge in [-0.3, -0.25) is 0 Å². The number of ether oxygens (including phenoxy) is 1. The molecule has 27 heavy (non-hydrogen) atoms. The van der Waals surface area contributed by atoms with Crippen LogP contribution in [0.25, 0.3) is 5.57 Å². The van der Waals surface area contributed by atoms with Crippen molar-refractivity contribution in [1.82, 2.24) is 14.9 Å². The minimum Gasteiger partial charge on any atom is -0.474 e. The van der Waals surface area contributed by atoms with E-state index in [2.05, 4.69) is 28.5 Å². The fourth-order valence-electron chi connectivity index (χ4n) is 2.78. The van der Waals surface area contributed by atoms with E-state index < -0.39 is 0 Å². The maximum atomic E-state index is 14.1. The maximum absolute atomic E-state index is 14.1. The monoisotopic (exact) mass is 373 g/mol. The van der Waals surface area contributed by atoms with Gasteiger partial charge in [-0.15, -0.1) is 0 Å². The van der Waals surface area contributed by atoms with Gasteiger partial charge < -0.3 is 20.8 Å². The zero-order valence-electron chi connectivity index (χ0n) is 16.5. The fourth-order valence-corrected chi connectivity index (χ4v) is 2.78. The van der Waals surface area contributed by atoms with Crippen LogP contribution in [0.4, 0.5) is 10.2 Å². The first-order valence-electron chi connectivity index (χ1n) is 8.98. The van der Waals surface area contributed by atoms with Gasteiger partial charge in [0, 0.05) is 24.4 Å². The van der Waals surface area contributed by atoms with E-state index in [1.807, 2.05) is 0 Å². The van der Waals surface area contributed by atoms with Crippen LogP contribution in [0.15, 0.2) is 30.1 Å². The second-order valence-corrected chi connectivity index (χ2v) is 7.01. The number of likely N-dealkylation sites (tertiary alicyclic amines) is 1. The third-order valence-corrected chi connectivity index (χ3v) is 4.46. The average molecular weight is 373 g/mol. The molecule has 1 aliphatic rings. The van der Waals surface area contributed by atoms with Crippen LogP contribution in [0.1, 0.15) is 45.0 Å². The number of hydrogen-bond acceptors (Lipinski definition) is 6. The van der Waals surface area contributed by atoms with Gasteiger partial charge in [0.15, 0.2) is 5.82 Å². The molecule has 1 aliphatic heterocycles. The quantitative estimate of drug-likeness (QED) is 0.586. The van der Waals surface area contributed by atoms with Gasteiger partial charge >= 0.3 is 0 Å². The van der Waals surface area contributed by atoms with Crippen molar-refractivity contribution < 1.29 is 9.13 Å². The molecule has 0 bridgehead atoms. The Kier molecular flexibility index (Phi) is 6.85. The van der Waals surface area contributed by atoms with Crippen LogP contribution in [-0.4, -0.2) is 46.8 Å². The van der Waals surface area contributed by atoms with Crippen LogP contribution in [0.5, 0.6) is 5.88 Å². The smallest absolute Gasteiger partial charge is 0.228 e. The number of hydrogen-bond donors (Lipinski definition) is 2.